The Balaban J connectivity index is 1.65. The standard InChI is InChI=1S/C25H40O/c1-6-25(26)15-14-23(4)18(16-25)10-11-19-21-9-7-8-20(17(2)3)24(21,5)13-12-22(19)23/h10,19-22,26H,2,6-9,11-16H2,1,3-5H3/t19-,20+,21-,22-,23-,24+,25-/m0/s1. The van der Waals surface area contributed by atoms with Crippen LogP contribution in [0.25, 0.3) is 0 Å². The Kier molecular flexibility index (Phi) is 4.50. The van der Waals surface area contributed by atoms with Crippen molar-refractivity contribution in [2.45, 2.75) is 97.5 Å². The molecule has 0 radical (unpaired) electrons. The van der Waals surface area contributed by atoms with Gasteiger partial charge in [0.25, 0.3) is 0 Å². The molecule has 7 atom stereocenters. The number of rotatable bonds is 2. The average molecular weight is 357 g/mol. The molecule has 4 aliphatic carbocycles. The molecule has 146 valence electrons. The average Bonchev–Trinajstić information content (AvgIpc) is 2.61. The van der Waals surface area contributed by atoms with Crippen LogP contribution in [0.2, 0.25) is 0 Å². The molecule has 4 aliphatic rings. The minimum atomic E-state index is -0.433. The van der Waals surface area contributed by atoms with Crippen LogP contribution in [0.15, 0.2) is 23.8 Å². The minimum Gasteiger partial charge on any atom is -0.390 e. The Labute approximate surface area is 161 Å². The van der Waals surface area contributed by atoms with Crippen LogP contribution in [0.1, 0.15) is 91.9 Å². The van der Waals surface area contributed by atoms with Crippen LogP contribution in [0, 0.1) is 34.5 Å². The summed E-state index contributed by atoms with van der Waals surface area (Å²) in [4.78, 5) is 0. The molecule has 26 heavy (non-hydrogen) atoms. The molecule has 1 nitrogen and oxygen atoms in total. The van der Waals surface area contributed by atoms with Crippen LogP contribution < -0.4 is 0 Å². The van der Waals surface area contributed by atoms with Crippen LogP contribution in [0.3, 0.4) is 0 Å². The lowest BCUT2D eigenvalue weighted by Gasteiger charge is -2.62. The van der Waals surface area contributed by atoms with Gasteiger partial charge in [0.15, 0.2) is 0 Å². The maximum absolute atomic E-state index is 10.9. The predicted molar refractivity (Wildman–Crippen MR) is 110 cm³/mol. The topological polar surface area (TPSA) is 20.2 Å². The second-order valence-electron chi connectivity index (χ2n) is 10.9. The fraction of sp³-hybridized carbons (Fsp3) is 0.840. The van der Waals surface area contributed by atoms with Gasteiger partial charge in [-0.1, -0.05) is 51.0 Å². The van der Waals surface area contributed by atoms with E-state index in [1.54, 1.807) is 5.57 Å². The molecule has 0 heterocycles. The lowest BCUT2D eigenvalue weighted by Crippen LogP contribution is -2.55. The van der Waals surface area contributed by atoms with Crippen molar-refractivity contribution >= 4 is 0 Å². The highest BCUT2D eigenvalue weighted by molar-refractivity contribution is 5.27. The second kappa shape index (κ2) is 6.23. The van der Waals surface area contributed by atoms with Gasteiger partial charge in [-0.15, -0.1) is 0 Å². The molecule has 1 N–H and O–H groups in total. The van der Waals surface area contributed by atoms with E-state index >= 15 is 0 Å². The molecule has 0 amide bonds. The molecule has 3 fully saturated rings. The first-order valence-corrected chi connectivity index (χ1v) is 11.3. The van der Waals surface area contributed by atoms with Crippen molar-refractivity contribution < 1.29 is 5.11 Å². The maximum Gasteiger partial charge on any atom is 0.0682 e. The molecule has 4 rings (SSSR count). The van der Waals surface area contributed by atoms with Gasteiger partial charge in [-0.25, -0.2) is 0 Å². The second-order valence-corrected chi connectivity index (χ2v) is 10.9. The first kappa shape index (κ1) is 18.8. The molecule has 3 saturated carbocycles. The van der Waals surface area contributed by atoms with Crippen molar-refractivity contribution in [3.05, 3.63) is 23.8 Å². The number of hydrogen-bond donors (Lipinski definition) is 1. The summed E-state index contributed by atoms with van der Waals surface area (Å²) in [5.41, 5.74) is 3.43. The molecule has 0 spiro atoms. The summed E-state index contributed by atoms with van der Waals surface area (Å²) in [6.07, 6.45) is 14.8. The Morgan fingerprint density at radius 1 is 1.15 bits per heavy atom. The summed E-state index contributed by atoms with van der Waals surface area (Å²) in [6, 6.07) is 0. The number of hydrogen-bond acceptors (Lipinski definition) is 1. The third-order valence-electron chi connectivity index (χ3n) is 9.75. The van der Waals surface area contributed by atoms with Crippen molar-refractivity contribution in [3.8, 4) is 0 Å². The van der Waals surface area contributed by atoms with Gasteiger partial charge >= 0.3 is 0 Å². The molecular weight excluding hydrogens is 316 g/mol. The first-order chi connectivity index (χ1) is 12.2. The zero-order chi connectivity index (χ0) is 18.7. The third-order valence-corrected chi connectivity index (χ3v) is 9.75. The van der Waals surface area contributed by atoms with Gasteiger partial charge in [0, 0.05) is 0 Å². The first-order valence-electron chi connectivity index (χ1n) is 11.3. The Bertz CT molecular complexity index is 618. The monoisotopic (exact) mass is 356 g/mol. The van der Waals surface area contributed by atoms with Crippen molar-refractivity contribution in [2.24, 2.45) is 34.5 Å². The number of aliphatic hydroxyl groups is 1. The Morgan fingerprint density at radius 3 is 2.62 bits per heavy atom. The van der Waals surface area contributed by atoms with Crippen molar-refractivity contribution in [2.75, 3.05) is 0 Å². The summed E-state index contributed by atoms with van der Waals surface area (Å²) >= 11 is 0. The maximum atomic E-state index is 10.9. The summed E-state index contributed by atoms with van der Waals surface area (Å²) in [6.45, 7) is 14.0. The summed E-state index contributed by atoms with van der Waals surface area (Å²) in [5.74, 6) is 3.30. The smallest absolute Gasteiger partial charge is 0.0682 e. The lowest BCUT2D eigenvalue weighted by atomic mass is 9.43. The van der Waals surface area contributed by atoms with Gasteiger partial charge in [0.05, 0.1) is 5.60 Å². The number of fused-ring (bicyclic) bond motifs is 5. The van der Waals surface area contributed by atoms with Gasteiger partial charge in [0.2, 0.25) is 0 Å². The van der Waals surface area contributed by atoms with E-state index < -0.39 is 5.60 Å². The van der Waals surface area contributed by atoms with E-state index in [4.69, 9.17) is 0 Å². The molecule has 0 saturated heterocycles. The molecule has 1 heteroatoms. The molecule has 0 bridgehead atoms. The Hall–Kier alpha value is -0.560. The zero-order valence-corrected chi connectivity index (χ0v) is 17.6. The van der Waals surface area contributed by atoms with E-state index in [-0.39, 0.29) is 0 Å². The highest BCUT2D eigenvalue weighted by atomic mass is 16.3. The quantitative estimate of drug-likeness (QED) is 0.548. The van der Waals surface area contributed by atoms with Crippen LogP contribution in [0.5, 0.6) is 0 Å². The van der Waals surface area contributed by atoms with Crippen molar-refractivity contribution in [1.29, 1.82) is 0 Å². The summed E-state index contributed by atoms with van der Waals surface area (Å²) < 4.78 is 0. The van der Waals surface area contributed by atoms with Gasteiger partial charge in [-0.3, -0.25) is 0 Å². The van der Waals surface area contributed by atoms with Crippen LogP contribution in [-0.2, 0) is 0 Å². The summed E-state index contributed by atoms with van der Waals surface area (Å²) in [5, 5.41) is 10.9. The summed E-state index contributed by atoms with van der Waals surface area (Å²) in [7, 11) is 0. The van der Waals surface area contributed by atoms with E-state index in [1.165, 1.54) is 50.5 Å². The largest absolute Gasteiger partial charge is 0.390 e. The normalized spacial score (nSPS) is 50.9. The SMILES string of the molecule is C=C(C)[C@H]1CCC[C@H]2[C@@H]3CC=C4C[C@](O)(CC)CC[C@]4(C)[C@H]3CC[C@]12C. The van der Waals surface area contributed by atoms with Crippen LogP contribution >= 0.6 is 0 Å². The van der Waals surface area contributed by atoms with Crippen molar-refractivity contribution in [3.63, 3.8) is 0 Å². The fourth-order valence-electron chi connectivity index (χ4n) is 8.02. The fourth-order valence-corrected chi connectivity index (χ4v) is 8.02. The van der Waals surface area contributed by atoms with Gasteiger partial charge < -0.3 is 5.11 Å². The molecule has 0 aromatic carbocycles. The number of allylic oxidation sites excluding steroid dienone is 2. The van der Waals surface area contributed by atoms with E-state index in [0.29, 0.717) is 10.8 Å². The molecule has 0 aromatic heterocycles. The molecular formula is C25H40O. The Morgan fingerprint density at radius 2 is 1.92 bits per heavy atom. The van der Waals surface area contributed by atoms with Gasteiger partial charge in [0.1, 0.15) is 0 Å². The van der Waals surface area contributed by atoms with E-state index in [2.05, 4.69) is 40.3 Å². The zero-order valence-electron chi connectivity index (χ0n) is 17.6. The third kappa shape index (κ3) is 2.60. The molecule has 0 aromatic rings. The molecule has 0 unspecified atom stereocenters. The van der Waals surface area contributed by atoms with Gasteiger partial charge in [-0.2, -0.15) is 0 Å². The minimum absolute atomic E-state index is 0.349. The van der Waals surface area contributed by atoms with Crippen molar-refractivity contribution in [1.82, 2.24) is 0 Å². The van der Waals surface area contributed by atoms with E-state index in [9.17, 15) is 5.11 Å². The molecule has 0 aliphatic heterocycles. The van der Waals surface area contributed by atoms with E-state index in [1.807, 2.05) is 0 Å². The lowest BCUT2D eigenvalue weighted by molar-refractivity contribution is -0.0988. The van der Waals surface area contributed by atoms with Crippen LogP contribution in [0.4, 0.5) is 0 Å². The highest BCUT2D eigenvalue weighted by Gasteiger charge is 2.58. The van der Waals surface area contributed by atoms with Gasteiger partial charge in [-0.05, 0) is 99.2 Å². The highest BCUT2D eigenvalue weighted by Crippen LogP contribution is 2.66. The van der Waals surface area contributed by atoms with E-state index in [0.717, 1.165) is 42.9 Å². The predicted octanol–water partition coefficient (Wildman–Crippen LogP) is 6.67. The van der Waals surface area contributed by atoms with Crippen LogP contribution in [-0.4, -0.2) is 10.7 Å².